The Bertz CT molecular complexity index is 462. The molecular formula is C16H24N2O3. The molecule has 0 saturated heterocycles. The van der Waals surface area contributed by atoms with Crippen molar-refractivity contribution < 1.29 is 14.7 Å². The highest BCUT2D eigenvalue weighted by Crippen LogP contribution is 2.13. The minimum absolute atomic E-state index is 0.0188. The molecule has 1 aromatic carbocycles. The number of carbonyl (C=O) groups is 2. The minimum Gasteiger partial charge on any atom is -0.396 e. The first kappa shape index (κ1) is 17.2. The zero-order valence-corrected chi connectivity index (χ0v) is 12.7. The van der Waals surface area contributed by atoms with Crippen LogP contribution in [0.15, 0.2) is 30.3 Å². The second-order valence-electron chi connectivity index (χ2n) is 5.38. The molecule has 1 unspecified atom stereocenters. The molecular weight excluding hydrogens is 268 g/mol. The summed E-state index contributed by atoms with van der Waals surface area (Å²) in [5.74, 6) is -0.425. The van der Waals surface area contributed by atoms with E-state index in [0.29, 0.717) is 6.42 Å². The Labute approximate surface area is 125 Å². The zero-order valence-electron chi connectivity index (χ0n) is 12.7. The van der Waals surface area contributed by atoms with Crippen LogP contribution in [0.25, 0.3) is 0 Å². The maximum atomic E-state index is 11.8. The smallest absolute Gasteiger partial charge is 0.239 e. The van der Waals surface area contributed by atoms with E-state index in [1.165, 1.54) is 0 Å². The average Bonchev–Trinajstić information content (AvgIpc) is 2.46. The molecule has 1 aromatic rings. The maximum absolute atomic E-state index is 11.8. The topological polar surface area (TPSA) is 78.4 Å². The van der Waals surface area contributed by atoms with Gasteiger partial charge < -0.3 is 15.7 Å². The van der Waals surface area contributed by atoms with E-state index in [4.69, 9.17) is 5.11 Å². The Balaban J connectivity index is 2.37. The molecule has 0 aliphatic heterocycles. The maximum Gasteiger partial charge on any atom is 0.239 e. The van der Waals surface area contributed by atoms with Gasteiger partial charge in [0.2, 0.25) is 11.8 Å². The number of rotatable bonds is 8. The zero-order chi connectivity index (χ0) is 15.7. The number of aliphatic hydroxyl groups is 1. The van der Waals surface area contributed by atoms with Crippen LogP contribution < -0.4 is 10.6 Å². The molecule has 0 aliphatic carbocycles. The van der Waals surface area contributed by atoms with Crippen LogP contribution in [0.3, 0.4) is 0 Å². The SMILES string of the molecule is CCC(C)(CCO)NC(=O)CNC(=O)Cc1ccccc1. The van der Waals surface area contributed by atoms with Crippen LogP contribution in [0, 0.1) is 0 Å². The van der Waals surface area contributed by atoms with Gasteiger partial charge in [-0.05, 0) is 25.3 Å². The van der Waals surface area contributed by atoms with Crippen molar-refractivity contribution in [3.8, 4) is 0 Å². The quantitative estimate of drug-likeness (QED) is 0.669. The summed E-state index contributed by atoms with van der Waals surface area (Å²) >= 11 is 0. The van der Waals surface area contributed by atoms with E-state index in [0.717, 1.165) is 12.0 Å². The number of hydrogen-bond donors (Lipinski definition) is 3. The largest absolute Gasteiger partial charge is 0.396 e. The van der Waals surface area contributed by atoms with Crippen LogP contribution in [0.5, 0.6) is 0 Å². The Morgan fingerprint density at radius 1 is 1.19 bits per heavy atom. The summed E-state index contributed by atoms with van der Waals surface area (Å²) in [5.41, 5.74) is 0.477. The fourth-order valence-corrected chi connectivity index (χ4v) is 1.98. The molecule has 0 spiro atoms. The molecule has 2 amide bonds. The van der Waals surface area contributed by atoms with Gasteiger partial charge in [-0.25, -0.2) is 0 Å². The van der Waals surface area contributed by atoms with Gasteiger partial charge in [-0.15, -0.1) is 0 Å². The fraction of sp³-hybridized carbons (Fsp3) is 0.500. The first-order valence-electron chi connectivity index (χ1n) is 7.21. The molecule has 0 radical (unpaired) electrons. The van der Waals surface area contributed by atoms with Gasteiger partial charge in [0.05, 0.1) is 13.0 Å². The lowest BCUT2D eigenvalue weighted by Crippen LogP contribution is -2.49. The molecule has 0 bridgehead atoms. The first-order chi connectivity index (χ1) is 9.99. The molecule has 1 rings (SSSR count). The van der Waals surface area contributed by atoms with E-state index in [1.807, 2.05) is 44.2 Å². The summed E-state index contributed by atoms with van der Waals surface area (Å²) in [7, 11) is 0. The molecule has 21 heavy (non-hydrogen) atoms. The number of amides is 2. The van der Waals surface area contributed by atoms with Crippen LogP contribution in [-0.4, -0.2) is 35.6 Å². The third kappa shape index (κ3) is 6.40. The van der Waals surface area contributed by atoms with Crippen molar-refractivity contribution in [3.63, 3.8) is 0 Å². The molecule has 0 aromatic heterocycles. The van der Waals surface area contributed by atoms with Gasteiger partial charge in [0.1, 0.15) is 0 Å². The van der Waals surface area contributed by atoms with Crippen molar-refractivity contribution in [3.05, 3.63) is 35.9 Å². The molecule has 3 N–H and O–H groups in total. The number of carbonyl (C=O) groups excluding carboxylic acids is 2. The monoisotopic (exact) mass is 292 g/mol. The second-order valence-corrected chi connectivity index (χ2v) is 5.38. The van der Waals surface area contributed by atoms with Crippen molar-refractivity contribution in [2.75, 3.05) is 13.2 Å². The number of hydrogen-bond acceptors (Lipinski definition) is 3. The Hall–Kier alpha value is -1.88. The lowest BCUT2D eigenvalue weighted by molar-refractivity contribution is -0.126. The summed E-state index contributed by atoms with van der Waals surface area (Å²) in [4.78, 5) is 23.6. The summed E-state index contributed by atoms with van der Waals surface area (Å²) in [6, 6.07) is 9.37. The van der Waals surface area contributed by atoms with Crippen molar-refractivity contribution in [2.24, 2.45) is 0 Å². The second kappa shape index (κ2) is 8.42. The average molecular weight is 292 g/mol. The van der Waals surface area contributed by atoms with E-state index >= 15 is 0 Å². The number of nitrogens with one attached hydrogen (secondary N) is 2. The molecule has 116 valence electrons. The third-order valence-corrected chi connectivity index (χ3v) is 3.54. The molecule has 0 fully saturated rings. The summed E-state index contributed by atoms with van der Waals surface area (Å²) in [6.07, 6.45) is 1.47. The van der Waals surface area contributed by atoms with Crippen LogP contribution >= 0.6 is 0 Å². The van der Waals surface area contributed by atoms with Gasteiger partial charge in [-0.2, -0.15) is 0 Å². The molecule has 0 aliphatic rings. The van der Waals surface area contributed by atoms with E-state index in [9.17, 15) is 9.59 Å². The first-order valence-corrected chi connectivity index (χ1v) is 7.21. The normalized spacial score (nSPS) is 13.3. The van der Waals surface area contributed by atoms with Crippen molar-refractivity contribution in [2.45, 2.75) is 38.6 Å². The Morgan fingerprint density at radius 2 is 1.86 bits per heavy atom. The lowest BCUT2D eigenvalue weighted by atomic mass is 9.95. The predicted molar refractivity (Wildman–Crippen MR) is 81.7 cm³/mol. The van der Waals surface area contributed by atoms with Crippen molar-refractivity contribution >= 4 is 11.8 Å². The third-order valence-electron chi connectivity index (χ3n) is 3.54. The van der Waals surface area contributed by atoms with Crippen LogP contribution in [-0.2, 0) is 16.0 Å². The Morgan fingerprint density at radius 3 is 2.43 bits per heavy atom. The van der Waals surface area contributed by atoms with Crippen LogP contribution in [0.1, 0.15) is 32.3 Å². The van der Waals surface area contributed by atoms with Crippen LogP contribution in [0.4, 0.5) is 0 Å². The van der Waals surface area contributed by atoms with E-state index in [-0.39, 0.29) is 31.4 Å². The lowest BCUT2D eigenvalue weighted by Gasteiger charge is -2.29. The van der Waals surface area contributed by atoms with Gasteiger partial charge in [0.15, 0.2) is 0 Å². The molecule has 1 atom stereocenters. The summed E-state index contributed by atoms with van der Waals surface area (Å²) in [6.45, 7) is 3.80. The molecule has 0 saturated carbocycles. The fourth-order valence-electron chi connectivity index (χ4n) is 1.98. The number of benzene rings is 1. The van der Waals surface area contributed by atoms with Gasteiger partial charge in [0.25, 0.3) is 0 Å². The van der Waals surface area contributed by atoms with Gasteiger partial charge in [-0.1, -0.05) is 37.3 Å². The van der Waals surface area contributed by atoms with Crippen LogP contribution in [0.2, 0.25) is 0 Å². The molecule has 5 heteroatoms. The standard InChI is InChI=1S/C16H24N2O3/c1-3-16(2,9-10-19)18-15(21)12-17-14(20)11-13-7-5-4-6-8-13/h4-8,19H,3,9-12H2,1-2H3,(H,17,20)(H,18,21). The molecule has 0 heterocycles. The number of aliphatic hydroxyl groups excluding tert-OH is 1. The minimum atomic E-state index is -0.435. The Kier molecular flexibility index (Phi) is 6.88. The summed E-state index contributed by atoms with van der Waals surface area (Å²) < 4.78 is 0. The van der Waals surface area contributed by atoms with E-state index in [1.54, 1.807) is 0 Å². The predicted octanol–water partition coefficient (Wildman–Crippen LogP) is 1.01. The van der Waals surface area contributed by atoms with Crippen molar-refractivity contribution in [1.29, 1.82) is 0 Å². The van der Waals surface area contributed by atoms with E-state index in [2.05, 4.69) is 10.6 Å². The van der Waals surface area contributed by atoms with Gasteiger partial charge in [-0.3, -0.25) is 9.59 Å². The van der Waals surface area contributed by atoms with E-state index < -0.39 is 5.54 Å². The van der Waals surface area contributed by atoms with Gasteiger partial charge >= 0.3 is 0 Å². The highest BCUT2D eigenvalue weighted by Gasteiger charge is 2.23. The molecule has 5 nitrogen and oxygen atoms in total. The van der Waals surface area contributed by atoms with Gasteiger partial charge in [0, 0.05) is 12.1 Å². The van der Waals surface area contributed by atoms with Crippen molar-refractivity contribution in [1.82, 2.24) is 10.6 Å². The summed E-state index contributed by atoms with van der Waals surface area (Å²) in [5, 5.41) is 14.5. The highest BCUT2D eigenvalue weighted by atomic mass is 16.3. The highest BCUT2D eigenvalue weighted by molar-refractivity contribution is 5.86.